The highest BCUT2D eigenvalue weighted by Gasteiger charge is 2.68. The number of nitrogens with zero attached hydrogens (tertiary/aromatic N) is 2. The van der Waals surface area contributed by atoms with Gasteiger partial charge in [-0.2, -0.15) is 4.90 Å². The van der Waals surface area contributed by atoms with Gasteiger partial charge in [-0.15, -0.1) is 0 Å². The first kappa shape index (κ1) is 25.8. The van der Waals surface area contributed by atoms with Crippen molar-refractivity contribution < 1.29 is 38.6 Å². The van der Waals surface area contributed by atoms with E-state index in [4.69, 9.17) is 9.47 Å². The Morgan fingerprint density at radius 3 is 2.38 bits per heavy atom. The van der Waals surface area contributed by atoms with Crippen LogP contribution in [0.5, 0.6) is 11.5 Å². The summed E-state index contributed by atoms with van der Waals surface area (Å²) < 4.78 is 10.3. The van der Waals surface area contributed by atoms with E-state index in [0.29, 0.717) is 21.9 Å². The van der Waals surface area contributed by atoms with Gasteiger partial charge in [-0.1, -0.05) is 35.9 Å². The van der Waals surface area contributed by atoms with Gasteiger partial charge in [0.2, 0.25) is 23.6 Å². The smallest absolute Gasteiger partial charge is 0.423 e. The second-order valence-electron chi connectivity index (χ2n) is 10.9. The zero-order chi connectivity index (χ0) is 28.5. The number of amides is 5. The number of ether oxygens (including phenoxy) is 2. The number of rotatable bonds is 3. The number of fused-ring (bicyclic) bond motifs is 4. The van der Waals surface area contributed by atoms with Crippen LogP contribution in [-0.2, 0) is 23.9 Å². The number of para-hydroxylation sites is 1. The number of hydrogen-bond acceptors (Lipinski definition) is 8. The standard InChI is InChI=1S/C30H28N2O8/c1-30-21(26(35)31(28(30)37)15-7-5-4-6-8-15)14-20-17(24(30)18-10-9-16(33)13-22(18)39-2)11-12-19-23(20)27(36)32(25(19)34)29(38)40-3/h4-11,13,19-21,23-24,33H,12,14H2,1-3H3/t19-,20+,21-,23-,24+,30+/m0/s1. The highest BCUT2D eigenvalue weighted by Crippen LogP contribution is 2.64. The molecule has 2 heterocycles. The molecule has 206 valence electrons. The van der Waals surface area contributed by atoms with Gasteiger partial charge in [0.05, 0.1) is 43.1 Å². The number of benzene rings is 2. The fraction of sp³-hybridized carbons (Fsp3) is 0.367. The average Bonchev–Trinajstić information content (AvgIpc) is 3.33. The van der Waals surface area contributed by atoms with Gasteiger partial charge < -0.3 is 14.6 Å². The quantitative estimate of drug-likeness (QED) is 0.460. The van der Waals surface area contributed by atoms with Crippen molar-refractivity contribution >= 4 is 35.4 Å². The lowest BCUT2D eigenvalue weighted by atomic mass is 9.51. The number of anilines is 1. The number of allylic oxidation sites excluding steroid dienone is 2. The Labute approximate surface area is 230 Å². The molecule has 3 fully saturated rings. The molecular formula is C30H28N2O8. The van der Waals surface area contributed by atoms with Crippen molar-refractivity contribution in [3.05, 3.63) is 65.7 Å². The molecule has 0 bridgehead atoms. The summed E-state index contributed by atoms with van der Waals surface area (Å²) in [4.78, 5) is 69.2. The second kappa shape index (κ2) is 9.04. The normalized spacial score (nSPS) is 31.0. The van der Waals surface area contributed by atoms with E-state index in [1.165, 1.54) is 24.1 Å². The minimum absolute atomic E-state index is 0.0302. The van der Waals surface area contributed by atoms with Gasteiger partial charge in [0.25, 0.3) is 0 Å². The summed E-state index contributed by atoms with van der Waals surface area (Å²) in [6.07, 6.45) is 1.18. The fourth-order valence-electron chi connectivity index (χ4n) is 7.39. The number of likely N-dealkylation sites (tertiary alicyclic amines) is 1. The molecule has 2 aromatic rings. The molecular weight excluding hydrogens is 516 g/mol. The number of phenols is 1. The predicted octanol–water partition coefficient (Wildman–Crippen LogP) is 3.40. The number of hydrogen-bond donors (Lipinski definition) is 1. The highest BCUT2D eigenvalue weighted by molar-refractivity contribution is 6.24. The SMILES string of the molecule is COC(=O)N1C(=O)[C@H]2[C@H](CC=C3[C@H]2C[C@H]2C(=O)N(c4ccccc4)C(=O)[C@@]2(C)[C@H]3c2ccc(O)cc2OC)C1=O. The summed E-state index contributed by atoms with van der Waals surface area (Å²) in [5.74, 6) is -5.50. The molecule has 0 unspecified atom stereocenters. The summed E-state index contributed by atoms with van der Waals surface area (Å²) in [5, 5.41) is 10.2. The zero-order valence-electron chi connectivity index (χ0n) is 22.2. The monoisotopic (exact) mass is 544 g/mol. The summed E-state index contributed by atoms with van der Waals surface area (Å²) in [5.41, 5.74) is 0.524. The van der Waals surface area contributed by atoms with E-state index >= 15 is 0 Å². The molecule has 2 aliphatic carbocycles. The number of aromatic hydroxyl groups is 1. The van der Waals surface area contributed by atoms with Gasteiger partial charge >= 0.3 is 6.09 Å². The molecule has 4 aliphatic rings. The van der Waals surface area contributed by atoms with Gasteiger partial charge in [-0.05, 0) is 43.9 Å². The molecule has 2 aromatic carbocycles. The van der Waals surface area contributed by atoms with Gasteiger partial charge in [-0.25, -0.2) is 9.69 Å². The summed E-state index contributed by atoms with van der Waals surface area (Å²) in [6, 6.07) is 13.3. The van der Waals surface area contributed by atoms with Crippen LogP contribution in [0, 0.1) is 29.1 Å². The molecule has 2 aliphatic heterocycles. The average molecular weight is 545 g/mol. The van der Waals surface area contributed by atoms with Crippen LogP contribution < -0.4 is 9.64 Å². The number of methoxy groups -OCH3 is 2. The van der Waals surface area contributed by atoms with E-state index in [-0.39, 0.29) is 30.4 Å². The zero-order valence-corrected chi connectivity index (χ0v) is 22.2. The molecule has 1 N–H and O–H groups in total. The Hall–Kier alpha value is -4.47. The molecule has 0 spiro atoms. The molecule has 10 nitrogen and oxygen atoms in total. The Kier molecular flexibility index (Phi) is 5.83. The van der Waals surface area contributed by atoms with E-state index in [9.17, 15) is 29.1 Å². The second-order valence-corrected chi connectivity index (χ2v) is 10.9. The van der Waals surface area contributed by atoms with E-state index in [1.807, 2.05) is 6.08 Å². The van der Waals surface area contributed by atoms with Gasteiger partial charge in [0.15, 0.2) is 0 Å². The Bertz CT molecular complexity index is 1500. The highest BCUT2D eigenvalue weighted by atomic mass is 16.5. The maximum absolute atomic E-state index is 14.3. The first-order valence-corrected chi connectivity index (χ1v) is 13.1. The van der Waals surface area contributed by atoms with Gasteiger partial charge in [0, 0.05) is 17.5 Å². The molecule has 10 heteroatoms. The number of imide groups is 4. The first-order valence-electron chi connectivity index (χ1n) is 13.1. The van der Waals surface area contributed by atoms with Crippen molar-refractivity contribution in [3.8, 4) is 11.5 Å². The van der Waals surface area contributed by atoms with Crippen molar-refractivity contribution in [1.29, 1.82) is 0 Å². The van der Waals surface area contributed by atoms with E-state index < -0.39 is 52.9 Å². The predicted molar refractivity (Wildman–Crippen MR) is 140 cm³/mol. The lowest BCUT2D eigenvalue weighted by Crippen LogP contribution is -2.49. The third kappa shape index (κ3) is 3.31. The third-order valence-corrected chi connectivity index (χ3v) is 9.17. The number of carbonyl (C=O) groups excluding carboxylic acids is 5. The molecule has 0 radical (unpaired) electrons. The van der Waals surface area contributed by atoms with E-state index in [1.54, 1.807) is 43.3 Å². The van der Waals surface area contributed by atoms with Crippen molar-refractivity contribution in [2.75, 3.05) is 19.1 Å². The first-order chi connectivity index (χ1) is 19.1. The summed E-state index contributed by atoms with van der Waals surface area (Å²) in [6.45, 7) is 1.77. The fourth-order valence-corrected chi connectivity index (χ4v) is 7.39. The largest absolute Gasteiger partial charge is 0.508 e. The molecule has 6 rings (SSSR count). The van der Waals surface area contributed by atoms with Crippen LogP contribution in [0.1, 0.15) is 31.2 Å². The van der Waals surface area contributed by atoms with Gasteiger partial charge in [-0.3, -0.25) is 19.2 Å². The van der Waals surface area contributed by atoms with Crippen molar-refractivity contribution in [1.82, 2.24) is 4.90 Å². The maximum Gasteiger partial charge on any atom is 0.423 e. The minimum Gasteiger partial charge on any atom is -0.508 e. The van der Waals surface area contributed by atoms with E-state index in [0.717, 1.165) is 12.7 Å². The molecule has 1 saturated carbocycles. The van der Waals surface area contributed by atoms with Crippen molar-refractivity contribution in [3.63, 3.8) is 0 Å². The maximum atomic E-state index is 14.3. The number of carbonyl (C=O) groups is 5. The Morgan fingerprint density at radius 2 is 1.70 bits per heavy atom. The molecule has 40 heavy (non-hydrogen) atoms. The van der Waals surface area contributed by atoms with Crippen LogP contribution in [0.4, 0.5) is 10.5 Å². The van der Waals surface area contributed by atoms with Crippen molar-refractivity contribution in [2.45, 2.75) is 25.7 Å². The van der Waals surface area contributed by atoms with Crippen LogP contribution in [0.3, 0.4) is 0 Å². The van der Waals surface area contributed by atoms with Crippen LogP contribution >= 0.6 is 0 Å². The Morgan fingerprint density at radius 1 is 0.975 bits per heavy atom. The summed E-state index contributed by atoms with van der Waals surface area (Å²) in [7, 11) is 2.56. The van der Waals surface area contributed by atoms with Crippen LogP contribution in [0.2, 0.25) is 0 Å². The lowest BCUT2D eigenvalue weighted by Gasteiger charge is -2.49. The lowest BCUT2D eigenvalue weighted by molar-refractivity contribution is -0.138. The third-order valence-electron chi connectivity index (χ3n) is 9.17. The molecule has 5 amide bonds. The van der Waals surface area contributed by atoms with Crippen molar-refractivity contribution in [2.24, 2.45) is 29.1 Å². The van der Waals surface area contributed by atoms with Crippen LogP contribution in [0.15, 0.2) is 60.2 Å². The number of phenolic OH excluding ortho intramolecular Hbond substituents is 1. The minimum atomic E-state index is -1.25. The summed E-state index contributed by atoms with van der Waals surface area (Å²) >= 11 is 0. The Balaban J connectivity index is 1.54. The van der Waals surface area contributed by atoms with E-state index in [2.05, 4.69) is 0 Å². The topological polar surface area (TPSA) is 131 Å². The molecule has 2 saturated heterocycles. The molecule has 0 aromatic heterocycles. The van der Waals surface area contributed by atoms with Gasteiger partial charge in [0.1, 0.15) is 11.5 Å². The van der Waals surface area contributed by atoms with Crippen LogP contribution in [0.25, 0.3) is 0 Å². The van der Waals surface area contributed by atoms with Crippen LogP contribution in [-0.4, -0.2) is 53.9 Å². The molecule has 6 atom stereocenters.